The van der Waals surface area contributed by atoms with Crippen molar-refractivity contribution < 1.29 is 13.2 Å². The molecule has 32 heavy (non-hydrogen) atoms. The summed E-state index contributed by atoms with van der Waals surface area (Å²) in [6.45, 7) is 4.49. The third-order valence-corrected chi connectivity index (χ3v) is 7.85. The van der Waals surface area contributed by atoms with E-state index in [1.807, 2.05) is 61.5 Å². The van der Waals surface area contributed by atoms with Crippen LogP contribution in [0.5, 0.6) is 0 Å². The maximum absolute atomic E-state index is 13.6. The van der Waals surface area contributed by atoms with Gasteiger partial charge in [-0.05, 0) is 59.7 Å². The first-order valence-electron chi connectivity index (χ1n) is 10.9. The zero-order valence-electron chi connectivity index (χ0n) is 18.4. The van der Waals surface area contributed by atoms with Crippen molar-refractivity contribution in [1.29, 1.82) is 0 Å². The van der Waals surface area contributed by atoms with E-state index in [0.717, 1.165) is 28.7 Å². The zero-order chi connectivity index (χ0) is 22.7. The molecule has 0 spiro atoms. The molecule has 1 N–H and O–H groups in total. The summed E-state index contributed by atoms with van der Waals surface area (Å²) in [5.41, 5.74) is 5.03. The van der Waals surface area contributed by atoms with Gasteiger partial charge in [0.05, 0.1) is 4.90 Å². The van der Waals surface area contributed by atoms with E-state index in [2.05, 4.69) is 12.2 Å². The van der Waals surface area contributed by atoms with Gasteiger partial charge in [-0.15, -0.1) is 0 Å². The fraction of sp³-hybridized carbons (Fsp3) is 0.269. The minimum Gasteiger partial charge on any atom is -0.351 e. The number of rotatable bonds is 6. The first-order valence-corrected chi connectivity index (χ1v) is 12.3. The number of fused-ring (bicyclic) bond motifs is 1. The van der Waals surface area contributed by atoms with Gasteiger partial charge in [-0.1, -0.05) is 67.6 Å². The highest BCUT2D eigenvalue weighted by Gasteiger charge is 2.39. The highest BCUT2D eigenvalue weighted by Crippen LogP contribution is 2.29. The van der Waals surface area contributed by atoms with Crippen molar-refractivity contribution in [3.63, 3.8) is 0 Å². The monoisotopic (exact) mass is 448 g/mol. The summed E-state index contributed by atoms with van der Waals surface area (Å²) in [6, 6.07) is 21.8. The van der Waals surface area contributed by atoms with Crippen LogP contribution in [0.4, 0.5) is 0 Å². The van der Waals surface area contributed by atoms with Crippen LogP contribution in [0.2, 0.25) is 0 Å². The second kappa shape index (κ2) is 9.27. The number of carbonyl (C=O) groups is 1. The molecule has 0 unspecified atom stereocenters. The van der Waals surface area contributed by atoms with Crippen LogP contribution < -0.4 is 5.32 Å². The number of sulfonamides is 1. The highest BCUT2D eigenvalue weighted by molar-refractivity contribution is 7.89. The summed E-state index contributed by atoms with van der Waals surface area (Å²) >= 11 is 0. The molecule has 4 rings (SSSR count). The van der Waals surface area contributed by atoms with Crippen LogP contribution in [0.15, 0.2) is 77.7 Å². The second-order valence-corrected chi connectivity index (χ2v) is 10.1. The molecule has 6 heteroatoms. The van der Waals surface area contributed by atoms with Crippen LogP contribution in [-0.4, -0.2) is 24.7 Å². The number of amides is 1. The zero-order valence-corrected chi connectivity index (χ0v) is 19.2. The fourth-order valence-electron chi connectivity index (χ4n) is 4.09. The van der Waals surface area contributed by atoms with Crippen molar-refractivity contribution in [2.24, 2.45) is 0 Å². The van der Waals surface area contributed by atoms with Crippen molar-refractivity contribution in [3.8, 4) is 0 Å². The maximum Gasteiger partial charge on any atom is 0.244 e. The van der Waals surface area contributed by atoms with Crippen molar-refractivity contribution >= 4 is 15.9 Å². The van der Waals surface area contributed by atoms with Gasteiger partial charge in [0.1, 0.15) is 6.04 Å². The topological polar surface area (TPSA) is 66.5 Å². The Morgan fingerprint density at radius 1 is 0.969 bits per heavy atom. The van der Waals surface area contributed by atoms with Crippen LogP contribution in [0.3, 0.4) is 0 Å². The molecular weight excluding hydrogens is 420 g/mol. The summed E-state index contributed by atoms with van der Waals surface area (Å²) in [4.78, 5) is 13.5. The van der Waals surface area contributed by atoms with Crippen molar-refractivity contribution in [1.82, 2.24) is 9.62 Å². The Morgan fingerprint density at radius 2 is 1.66 bits per heavy atom. The van der Waals surface area contributed by atoms with E-state index in [4.69, 9.17) is 0 Å². The molecule has 0 fully saturated rings. The standard InChI is InChI=1S/C26H28N2O3S/c1-3-20-11-13-21(14-12-20)17-27-26(29)25-16-22-8-4-5-9-23(22)18-28(25)32(30,31)24-10-6-7-19(2)15-24/h4-15,25H,3,16-18H2,1-2H3,(H,27,29)/t25-/m1/s1. The van der Waals surface area contributed by atoms with Crippen LogP contribution in [0.1, 0.15) is 34.7 Å². The van der Waals surface area contributed by atoms with E-state index in [-0.39, 0.29) is 17.3 Å². The van der Waals surface area contributed by atoms with Gasteiger partial charge in [-0.25, -0.2) is 8.42 Å². The molecule has 3 aromatic carbocycles. The Kier molecular flexibility index (Phi) is 6.44. The van der Waals surface area contributed by atoms with Crippen LogP contribution in [-0.2, 0) is 40.7 Å². The molecule has 3 aromatic rings. The van der Waals surface area contributed by atoms with Crippen LogP contribution >= 0.6 is 0 Å². The number of nitrogens with zero attached hydrogens (tertiary/aromatic N) is 1. The number of hydrogen-bond acceptors (Lipinski definition) is 3. The maximum atomic E-state index is 13.6. The van der Waals surface area contributed by atoms with Gasteiger partial charge in [0.15, 0.2) is 0 Å². The van der Waals surface area contributed by atoms with Gasteiger partial charge >= 0.3 is 0 Å². The SMILES string of the molecule is CCc1ccc(CNC(=O)[C@H]2Cc3ccccc3CN2S(=O)(=O)c2cccc(C)c2)cc1. The Balaban J connectivity index is 1.61. The molecule has 0 bridgehead atoms. The summed E-state index contributed by atoms with van der Waals surface area (Å²) in [7, 11) is -3.84. The van der Waals surface area contributed by atoms with E-state index < -0.39 is 16.1 Å². The number of aryl methyl sites for hydroxylation is 2. The molecule has 1 amide bonds. The van der Waals surface area contributed by atoms with Crippen molar-refractivity contribution in [2.45, 2.75) is 50.7 Å². The first-order chi connectivity index (χ1) is 15.4. The summed E-state index contributed by atoms with van der Waals surface area (Å²) in [5, 5.41) is 2.96. The van der Waals surface area contributed by atoms with E-state index in [1.54, 1.807) is 18.2 Å². The van der Waals surface area contributed by atoms with E-state index in [0.29, 0.717) is 13.0 Å². The lowest BCUT2D eigenvalue weighted by atomic mass is 9.95. The lowest BCUT2D eigenvalue weighted by Gasteiger charge is -2.35. The minimum absolute atomic E-state index is 0.176. The van der Waals surface area contributed by atoms with E-state index in [9.17, 15) is 13.2 Å². The lowest BCUT2D eigenvalue weighted by molar-refractivity contribution is -0.125. The summed E-state index contributed by atoms with van der Waals surface area (Å²) < 4.78 is 28.5. The van der Waals surface area contributed by atoms with E-state index >= 15 is 0 Å². The Labute approximate surface area is 190 Å². The van der Waals surface area contributed by atoms with Gasteiger partial charge in [0, 0.05) is 13.1 Å². The Bertz CT molecular complexity index is 1220. The molecule has 0 saturated heterocycles. The summed E-state index contributed by atoms with van der Waals surface area (Å²) in [5.74, 6) is -0.282. The molecule has 0 saturated carbocycles. The molecule has 0 aliphatic carbocycles. The fourth-order valence-corrected chi connectivity index (χ4v) is 5.76. The Hall–Kier alpha value is -2.96. The smallest absolute Gasteiger partial charge is 0.244 e. The van der Waals surface area contributed by atoms with Gasteiger partial charge < -0.3 is 5.32 Å². The van der Waals surface area contributed by atoms with Crippen LogP contribution in [0, 0.1) is 6.92 Å². The largest absolute Gasteiger partial charge is 0.351 e. The Morgan fingerprint density at radius 3 is 2.34 bits per heavy atom. The average molecular weight is 449 g/mol. The van der Waals surface area contributed by atoms with Gasteiger partial charge in [-0.3, -0.25) is 4.79 Å². The molecular formula is C26H28N2O3S. The third kappa shape index (κ3) is 4.61. The second-order valence-electron chi connectivity index (χ2n) is 8.24. The first kappa shape index (κ1) is 22.2. The molecule has 1 heterocycles. The third-order valence-electron chi connectivity index (χ3n) is 6.00. The number of nitrogens with one attached hydrogen (secondary N) is 1. The predicted octanol–water partition coefficient (Wildman–Crippen LogP) is 3.99. The lowest BCUT2D eigenvalue weighted by Crippen LogP contribution is -2.52. The van der Waals surface area contributed by atoms with Crippen LogP contribution in [0.25, 0.3) is 0 Å². The van der Waals surface area contributed by atoms with Gasteiger partial charge in [0.25, 0.3) is 0 Å². The number of carbonyl (C=O) groups excluding carboxylic acids is 1. The van der Waals surface area contributed by atoms with Gasteiger partial charge in [-0.2, -0.15) is 4.31 Å². The number of hydrogen-bond donors (Lipinski definition) is 1. The molecule has 0 radical (unpaired) electrons. The average Bonchev–Trinajstić information content (AvgIpc) is 2.82. The summed E-state index contributed by atoms with van der Waals surface area (Å²) in [6.07, 6.45) is 1.31. The molecule has 5 nitrogen and oxygen atoms in total. The van der Waals surface area contributed by atoms with Crippen molar-refractivity contribution in [2.75, 3.05) is 0 Å². The molecule has 1 atom stereocenters. The molecule has 1 aliphatic heterocycles. The highest BCUT2D eigenvalue weighted by atomic mass is 32.2. The molecule has 166 valence electrons. The van der Waals surface area contributed by atoms with E-state index in [1.165, 1.54) is 9.87 Å². The molecule has 0 aromatic heterocycles. The quantitative estimate of drug-likeness (QED) is 0.620. The number of benzene rings is 3. The molecule has 1 aliphatic rings. The van der Waals surface area contributed by atoms with Crippen molar-refractivity contribution in [3.05, 3.63) is 101 Å². The minimum atomic E-state index is -3.84. The predicted molar refractivity (Wildman–Crippen MR) is 126 cm³/mol. The normalized spacial score (nSPS) is 16.4. The van der Waals surface area contributed by atoms with Gasteiger partial charge in [0.2, 0.25) is 15.9 Å².